The van der Waals surface area contributed by atoms with Crippen molar-refractivity contribution >= 4 is 10.1 Å². The van der Waals surface area contributed by atoms with Gasteiger partial charge in [0.25, 0.3) is 10.1 Å². The van der Waals surface area contributed by atoms with Crippen LogP contribution in [0.4, 0.5) is 0 Å². The van der Waals surface area contributed by atoms with E-state index in [-0.39, 0.29) is 41.9 Å². The van der Waals surface area contributed by atoms with Crippen LogP contribution in [-0.4, -0.2) is 56.6 Å². The maximum Gasteiger partial charge on any atom is 1.00 e. The average Bonchev–Trinajstić information content (AvgIpc) is 2.21. The van der Waals surface area contributed by atoms with Gasteiger partial charge in [-0.3, -0.25) is 4.55 Å². The van der Waals surface area contributed by atoms with Crippen molar-refractivity contribution in [2.75, 3.05) is 38.5 Å². The molecule has 0 radical (unpaired) electrons. The number of aliphatic hydroxyl groups excluding tert-OH is 1. The Labute approximate surface area is 120 Å². The molecule has 1 aliphatic heterocycles. The normalized spacial score (nSPS) is 14.5. The minimum absolute atomic E-state index is 0. The topological polar surface area (TPSA) is 98.7 Å². The number of nitrogens with one attached hydrogen (secondary N) is 2. The molecule has 0 aromatic heterocycles. The molecule has 0 bridgehead atoms. The van der Waals surface area contributed by atoms with Crippen molar-refractivity contribution in [3.63, 3.8) is 0 Å². The Hall–Kier alpha value is 0.790. The predicted molar refractivity (Wildman–Crippen MR) is 60.3 cm³/mol. The average molecular weight is 264 g/mol. The number of rotatable bonds is 1. The van der Waals surface area contributed by atoms with E-state index in [1.165, 1.54) is 6.92 Å². The second-order valence-corrected chi connectivity index (χ2v) is 4.34. The second kappa shape index (κ2) is 15.8. The predicted octanol–water partition coefficient (Wildman–Crippen LogP) is -4.11. The Balaban J connectivity index is -0.000000163. The van der Waals surface area contributed by atoms with Gasteiger partial charge < -0.3 is 22.7 Å². The van der Waals surface area contributed by atoms with Crippen LogP contribution < -0.4 is 40.2 Å². The van der Waals surface area contributed by atoms with Crippen molar-refractivity contribution in [1.29, 1.82) is 0 Å². The van der Waals surface area contributed by atoms with Gasteiger partial charge in [-0.1, -0.05) is 6.61 Å². The van der Waals surface area contributed by atoms with Gasteiger partial charge in [0, 0.05) is 26.2 Å². The summed E-state index contributed by atoms with van der Waals surface area (Å²) < 4.78 is 26.9. The monoisotopic (exact) mass is 264 g/mol. The Morgan fingerprint density at radius 3 is 1.44 bits per heavy atom. The van der Waals surface area contributed by atoms with Gasteiger partial charge in [0.15, 0.2) is 0 Å². The molecule has 0 unspecified atom stereocenters. The van der Waals surface area contributed by atoms with E-state index >= 15 is 0 Å². The smallest absolute Gasteiger partial charge is 0.428 e. The van der Waals surface area contributed by atoms with Crippen LogP contribution in [-0.2, 0) is 10.1 Å². The first-order chi connectivity index (χ1) is 6.97. The molecule has 16 heavy (non-hydrogen) atoms. The molecule has 0 aromatic carbocycles. The first-order valence-electron chi connectivity index (χ1n) is 4.74. The summed E-state index contributed by atoms with van der Waals surface area (Å²) in [5.41, 5.74) is 0. The van der Waals surface area contributed by atoms with E-state index in [0.29, 0.717) is 0 Å². The standard InChI is InChI=1S/C4H10N2.C2H6O3S.C2H5O.Na/c1-2-6-4-3-5-1;1-2-6(3,4)5;1-2-3;/h5-6H,1-4H2;2H2,1H3,(H,3,4,5);3H,1-2H2;/q;;-1;+1. The van der Waals surface area contributed by atoms with E-state index < -0.39 is 10.1 Å². The Kier molecular flexibility index (Phi) is 21.7. The van der Waals surface area contributed by atoms with Crippen LogP contribution >= 0.6 is 0 Å². The molecule has 6 nitrogen and oxygen atoms in total. The SMILES string of the molecule is C1CNCCN1.CCS(=O)(=O)O.[CH2-]CO.[Na+]. The van der Waals surface area contributed by atoms with Gasteiger partial charge in [-0.25, -0.2) is 0 Å². The van der Waals surface area contributed by atoms with Crippen molar-refractivity contribution < 1.29 is 47.6 Å². The Morgan fingerprint density at radius 1 is 1.19 bits per heavy atom. The molecule has 0 spiro atoms. The number of piperazine rings is 1. The van der Waals surface area contributed by atoms with Gasteiger partial charge in [0.05, 0.1) is 5.75 Å². The van der Waals surface area contributed by atoms with E-state index in [2.05, 4.69) is 17.6 Å². The molecule has 1 aliphatic rings. The van der Waals surface area contributed by atoms with Crippen molar-refractivity contribution in [3.8, 4) is 0 Å². The number of hydrogen-bond acceptors (Lipinski definition) is 5. The molecule has 0 aromatic rings. The molecular formula is C8H21N2NaO4S. The summed E-state index contributed by atoms with van der Waals surface area (Å²) in [5.74, 6) is -0.201. The summed E-state index contributed by atoms with van der Waals surface area (Å²) in [6.07, 6.45) is 0. The summed E-state index contributed by atoms with van der Waals surface area (Å²) in [5, 5.41) is 13.9. The zero-order chi connectivity index (χ0) is 12.2. The molecule has 8 heteroatoms. The maximum absolute atomic E-state index is 9.56. The van der Waals surface area contributed by atoms with E-state index in [9.17, 15) is 8.42 Å². The third-order valence-electron chi connectivity index (χ3n) is 1.32. The summed E-state index contributed by atoms with van der Waals surface area (Å²) in [6.45, 7) is 8.97. The van der Waals surface area contributed by atoms with Gasteiger partial charge in [-0.05, 0) is 6.92 Å². The third kappa shape index (κ3) is 29.3. The largest absolute Gasteiger partial charge is 1.00 e. The van der Waals surface area contributed by atoms with Crippen LogP contribution in [0.3, 0.4) is 0 Å². The maximum atomic E-state index is 9.56. The quantitative estimate of drug-likeness (QED) is 0.218. The first kappa shape index (κ1) is 22.0. The van der Waals surface area contributed by atoms with E-state index in [0.717, 1.165) is 26.2 Å². The van der Waals surface area contributed by atoms with E-state index in [1.54, 1.807) is 0 Å². The van der Waals surface area contributed by atoms with Gasteiger partial charge in [0.2, 0.25) is 0 Å². The van der Waals surface area contributed by atoms with E-state index in [4.69, 9.17) is 9.66 Å². The molecule has 0 atom stereocenters. The van der Waals surface area contributed by atoms with Gasteiger partial charge in [-0.2, -0.15) is 8.42 Å². The van der Waals surface area contributed by atoms with Crippen LogP contribution in [0.25, 0.3) is 0 Å². The van der Waals surface area contributed by atoms with Crippen LogP contribution in [0.1, 0.15) is 6.92 Å². The molecule has 1 heterocycles. The minimum atomic E-state index is -3.66. The molecule has 0 amide bonds. The molecule has 1 rings (SSSR count). The molecule has 0 aliphatic carbocycles. The van der Waals surface area contributed by atoms with Crippen LogP contribution in [0.2, 0.25) is 0 Å². The molecule has 4 N–H and O–H groups in total. The summed E-state index contributed by atoms with van der Waals surface area (Å²) in [7, 11) is -3.66. The van der Waals surface area contributed by atoms with Crippen LogP contribution in [0.5, 0.6) is 0 Å². The van der Waals surface area contributed by atoms with Crippen LogP contribution in [0, 0.1) is 6.92 Å². The van der Waals surface area contributed by atoms with Crippen molar-refractivity contribution in [2.24, 2.45) is 0 Å². The van der Waals surface area contributed by atoms with Crippen LogP contribution in [0.15, 0.2) is 0 Å². The fourth-order valence-corrected chi connectivity index (χ4v) is 0.604. The molecule has 94 valence electrons. The molecule has 1 fully saturated rings. The molecule has 1 saturated heterocycles. The summed E-state index contributed by atoms with van der Waals surface area (Å²) in [6, 6.07) is 0. The van der Waals surface area contributed by atoms with E-state index in [1.807, 2.05) is 0 Å². The Bertz CT molecular complexity index is 197. The summed E-state index contributed by atoms with van der Waals surface area (Å²) in [4.78, 5) is 0. The second-order valence-electron chi connectivity index (χ2n) is 2.59. The fraction of sp³-hybridized carbons (Fsp3) is 0.875. The fourth-order valence-electron chi connectivity index (χ4n) is 0.604. The Morgan fingerprint density at radius 2 is 1.38 bits per heavy atom. The zero-order valence-corrected chi connectivity index (χ0v) is 12.9. The van der Waals surface area contributed by atoms with Gasteiger partial charge in [0.1, 0.15) is 0 Å². The summed E-state index contributed by atoms with van der Waals surface area (Å²) >= 11 is 0. The molecule has 0 saturated carbocycles. The van der Waals surface area contributed by atoms with Crippen molar-refractivity contribution in [3.05, 3.63) is 6.92 Å². The third-order valence-corrected chi connectivity index (χ3v) is 2.05. The molecular weight excluding hydrogens is 243 g/mol. The zero-order valence-electron chi connectivity index (χ0n) is 10.1. The minimum Gasteiger partial charge on any atom is -0.428 e. The first-order valence-corrected chi connectivity index (χ1v) is 6.35. The number of aliphatic hydroxyl groups is 1. The van der Waals surface area contributed by atoms with Crippen molar-refractivity contribution in [1.82, 2.24) is 10.6 Å². The van der Waals surface area contributed by atoms with Gasteiger partial charge >= 0.3 is 29.6 Å². The van der Waals surface area contributed by atoms with Crippen molar-refractivity contribution in [2.45, 2.75) is 6.92 Å². The number of hydrogen-bond donors (Lipinski definition) is 4. The van der Waals surface area contributed by atoms with Gasteiger partial charge in [-0.15, -0.1) is 0 Å².